The maximum absolute atomic E-state index is 12.5. The van der Waals surface area contributed by atoms with E-state index in [0.29, 0.717) is 12.5 Å². The second-order valence-electron chi connectivity index (χ2n) is 6.35. The Hall–Kier alpha value is -1.55. The number of likely N-dealkylation sites (N-methyl/N-ethyl adjacent to an activating group) is 1. The molecule has 1 aromatic carbocycles. The molecule has 1 unspecified atom stereocenters. The van der Waals surface area contributed by atoms with Gasteiger partial charge in [0, 0.05) is 19.2 Å². The number of carbonyl (C=O) groups excluding carboxylic acids is 1. The van der Waals surface area contributed by atoms with Gasteiger partial charge in [0.2, 0.25) is 5.91 Å². The monoisotopic (exact) mass is 304 g/mol. The summed E-state index contributed by atoms with van der Waals surface area (Å²) in [4.78, 5) is 14.2. The molecule has 1 aliphatic rings. The maximum atomic E-state index is 12.5. The van der Waals surface area contributed by atoms with E-state index in [1.807, 2.05) is 31.3 Å². The average molecular weight is 304 g/mol. The molecule has 122 valence electrons. The van der Waals surface area contributed by atoms with Crippen molar-refractivity contribution in [1.82, 2.24) is 4.90 Å². The zero-order valence-electron chi connectivity index (χ0n) is 13.8. The lowest BCUT2D eigenvalue weighted by molar-refractivity contribution is -0.132. The molecule has 0 radical (unpaired) electrons. The number of carbonyl (C=O) groups is 1. The van der Waals surface area contributed by atoms with Crippen molar-refractivity contribution in [3.05, 3.63) is 29.8 Å². The fraction of sp³-hybridized carbons (Fsp3) is 0.611. The minimum absolute atomic E-state index is 0.0245. The summed E-state index contributed by atoms with van der Waals surface area (Å²) in [6, 6.07) is 7.39. The highest BCUT2D eigenvalue weighted by Gasteiger charge is 2.24. The highest BCUT2D eigenvalue weighted by molar-refractivity contribution is 5.81. The zero-order chi connectivity index (χ0) is 15.9. The lowest BCUT2D eigenvalue weighted by Gasteiger charge is -2.27. The van der Waals surface area contributed by atoms with Crippen LogP contribution in [0.5, 0.6) is 5.75 Å². The molecule has 1 saturated carbocycles. The Labute approximate surface area is 133 Å². The van der Waals surface area contributed by atoms with Crippen LogP contribution in [0.4, 0.5) is 0 Å². The summed E-state index contributed by atoms with van der Waals surface area (Å²) in [6.45, 7) is 0.529. The van der Waals surface area contributed by atoms with Crippen LogP contribution in [0.1, 0.15) is 44.1 Å². The molecule has 2 rings (SSSR count). The molecule has 0 spiro atoms. The van der Waals surface area contributed by atoms with E-state index in [1.54, 1.807) is 12.0 Å². The van der Waals surface area contributed by atoms with E-state index < -0.39 is 0 Å². The number of benzene rings is 1. The van der Waals surface area contributed by atoms with Gasteiger partial charge in [-0.3, -0.25) is 4.79 Å². The molecule has 4 nitrogen and oxygen atoms in total. The number of ether oxygens (including phenoxy) is 1. The molecule has 1 aromatic rings. The minimum Gasteiger partial charge on any atom is -0.496 e. The quantitative estimate of drug-likeness (QED) is 0.879. The number of amides is 1. The molecule has 0 aromatic heterocycles. The molecule has 1 amide bonds. The van der Waals surface area contributed by atoms with E-state index in [9.17, 15) is 4.79 Å². The van der Waals surface area contributed by atoms with E-state index in [0.717, 1.165) is 17.7 Å². The number of nitrogens with zero attached hydrogens (tertiary/aromatic N) is 1. The highest BCUT2D eigenvalue weighted by Crippen LogP contribution is 2.27. The Morgan fingerprint density at radius 1 is 1.32 bits per heavy atom. The fourth-order valence-corrected chi connectivity index (χ4v) is 3.33. The molecular formula is C18H28N2O2. The van der Waals surface area contributed by atoms with Crippen molar-refractivity contribution >= 4 is 5.91 Å². The van der Waals surface area contributed by atoms with Crippen molar-refractivity contribution in [2.45, 2.75) is 51.1 Å². The topological polar surface area (TPSA) is 55.6 Å². The SMILES string of the molecule is COc1ccccc1CN(C)C(=O)C(N)CC1CCCCC1. The van der Waals surface area contributed by atoms with Crippen molar-refractivity contribution in [3.63, 3.8) is 0 Å². The molecule has 4 heteroatoms. The number of methoxy groups -OCH3 is 1. The molecule has 0 heterocycles. The van der Waals surface area contributed by atoms with E-state index in [-0.39, 0.29) is 11.9 Å². The molecule has 1 fully saturated rings. The smallest absolute Gasteiger partial charge is 0.239 e. The Balaban J connectivity index is 1.90. The first-order valence-electron chi connectivity index (χ1n) is 8.24. The predicted octanol–water partition coefficient (Wildman–Crippen LogP) is 2.95. The Kier molecular flexibility index (Phi) is 6.25. The van der Waals surface area contributed by atoms with Crippen LogP contribution in [0, 0.1) is 5.92 Å². The van der Waals surface area contributed by atoms with Gasteiger partial charge in [-0.15, -0.1) is 0 Å². The highest BCUT2D eigenvalue weighted by atomic mass is 16.5. The number of rotatable bonds is 6. The van der Waals surface area contributed by atoms with Gasteiger partial charge in [-0.1, -0.05) is 50.3 Å². The van der Waals surface area contributed by atoms with Crippen LogP contribution in [-0.2, 0) is 11.3 Å². The van der Waals surface area contributed by atoms with Gasteiger partial charge in [-0.05, 0) is 18.4 Å². The van der Waals surface area contributed by atoms with Crippen LogP contribution in [0.15, 0.2) is 24.3 Å². The van der Waals surface area contributed by atoms with Crippen molar-refractivity contribution in [3.8, 4) is 5.75 Å². The zero-order valence-corrected chi connectivity index (χ0v) is 13.8. The number of para-hydroxylation sites is 1. The second-order valence-corrected chi connectivity index (χ2v) is 6.35. The van der Waals surface area contributed by atoms with E-state index in [1.165, 1.54) is 32.1 Å². The number of nitrogens with two attached hydrogens (primary N) is 1. The van der Waals surface area contributed by atoms with Gasteiger partial charge in [0.15, 0.2) is 0 Å². The summed E-state index contributed by atoms with van der Waals surface area (Å²) in [5, 5.41) is 0. The van der Waals surface area contributed by atoms with Gasteiger partial charge in [0.25, 0.3) is 0 Å². The van der Waals surface area contributed by atoms with Crippen molar-refractivity contribution in [2.75, 3.05) is 14.2 Å². The number of hydrogen-bond acceptors (Lipinski definition) is 3. The van der Waals surface area contributed by atoms with Crippen LogP contribution in [0.3, 0.4) is 0 Å². The van der Waals surface area contributed by atoms with Crippen LogP contribution < -0.4 is 10.5 Å². The predicted molar refractivity (Wildman–Crippen MR) is 88.6 cm³/mol. The molecule has 2 N–H and O–H groups in total. The van der Waals surface area contributed by atoms with Gasteiger partial charge in [-0.2, -0.15) is 0 Å². The standard InChI is InChI=1S/C18H28N2O2/c1-20(13-15-10-6-7-11-17(15)22-2)18(21)16(19)12-14-8-4-3-5-9-14/h6-7,10-11,14,16H,3-5,8-9,12-13,19H2,1-2H3. The summed E-state index contributed by atoms with van der Waals surface area (Å²) in [6.07, 6.45) is 7.14. The third-order valence-electron chi connectivity index (χ3n) is 4.61. The molecular weight excluding hydrogens is 276 g/mol. The van der Waals surface area contributed by atoms with Gasteiger partial charge in [-0.25, -0.2) is 0 Å². The lowest BCUT2D eigenvalue weighted by Crippen LogP contribution is -2.42. The molecule has 0 saturated heterocycles. The first-order chi connectivity index (χ1) is 10.6. The van der Waals surface area contributed by atoms with Gasteiger partial charge < -0.3 is 15.4 Å². The molecule has 22 heavy (non-hydrogen) atoms. The Morgan fingerprint density at radius 2 is 2.00 bits per heavy atom. The van der Waals surface area contributed by atoms with Crippen LogP contribution in [0.25, 0.3) is 0 Å². The summed E-state index contributed by atoms with van der Waals surface area (Å²) in [7, 11) is 3.46. The molecule has 0 aliphatic heterocycles. The van der Waals surface area contributed by atoms with Crippen molar-refractivity contribution in [1.29, 1.82) is 0 Å². The molecule has 0 bridgehead atoms. The third kappa shape index (κ3) is 4.47. The van der Waals surface area contributed by atoms with Gasteiger partial charge >= 0.3 is 0 Å². The van der Waals surface area contributed by atoms with Gasteiger partial charge in [0.05, 0.1) is 13.2 Å². The van der Waals surface area contributed by atoms with E-state index in [4.69, 9.17) is 10.5 Å². The molecule has 1 aliphatic carbocycles. The third-order valence-corrected chi connectivity index (χ3v) is 4.61. The summed E-state index contributed by atoms with van der Waals surface area (Å²) < 4.78 is 5.34. The first-order valence-corrected chi connectivity index (χ1v) is 8.24. The fourth-order valence-electron chi connectivity index (χ4n) is 3.33. The van der Waals surface area contributed by atoms with Gasteiger partial charge in [0.1, 0.15) is 5.75 Å². The number of hydrogen-bond donors (Lipinski definition) is 1. The lowest BCUT2D eigenvalue weighted by atomic mass is 9.85. The Bertz CT molecular complexity index is 484. The summed E-state index contributed by atoms with van der Waals surface area (Å²) >= 11 is 0. The maximum Gasteiger partial charge on any atom is 0.239 e. The van der Waals surface area contributed by atoms with Crippen molar-refractivity contribution < 1.29 is 9.53 Å². The normalized spacial score (nSPS) is 17.0. The first kappa shape index (κ1) is 16.8. The van der Waals surface area contributed by atoms with Crippen LogP contribution in [0.2, 0.25) is 0 Å². The molecule has 1 atom stereocenters. The summed E-state index contributed by atoms with van der Waals surface area (Å²) in [5.74, 6) is 1.45. The average Bonchev–Trinajstić information content (AvgIpc) is 2.55. The van der Waals surface area contributed by atoms with E-state index in [2.05, 4.69) is 0 Å². The van der Waals surface area contributed by atoms with E-state index >= 15 is 0 Å². The van der Waals surface area contributed by atoms with Crippen molar-refractivity contribution in [2.24, 2.45) is 11.7 Å². The Morgan fingerprint density at radius 3 is 2.68 bits per heavy atom. The largest absolute Gasteiger partial charge is 0.496 e. The minimum atomic E-state index is -0.386. The second kappa shape index (κ2) is 8.18. The summed E-state index contributed by atoms with van der Waals surface area (Å²) in [5.41, 5.74) is 7.16. The van der Waals surface area contributed by atoms with Crippen LogP contribution >= 0.6 is 0 Å². The van der Waals surface area contributed by atoms with Crippen LogP contribution in [-0.4, -0.2) is 31.0 Å².